The average molecular weight is 285 g/mol. The van der Waals surface area contributed by atoms with E-state index >= 15 is 0 Å². The molecule has 3 aromatic rings. The molecule has 0 aliphatic heterocycles. The first-order chi connectivity index (χ1) is 10.7. The molecular formula is C21H19N. The first kappa shape index (κ1) is 14.2. The molecule has 0 unspecified atom stereocenters. The van der Waals surface area contributed by atoms with Crippen molar-refractivity contribution in [1.82, 2.24) is 4.98 Å². The lowest BCUT2D eigenvalue weighted by Gasteiger charge is -2.07. The molecule has 1 nitrogen and oxygen atoms in total. The molecule has 0 atom stereocenters. The number of aryl methyl sites for hydroxylation is 2. The van der Waals surface area contributed by atoms with Crippen LogP contribution >= 0.6 is 0 Å². The lowest BCUT2D eigenvalue weighted by Crippen LogP contribution is -1.90. The van der Waals surface area contributed by atoms with E-state index in [0.717, 1.165) is 35.2 Å². The van der Waals surface area contributed by atoms with E-state index in [0.29, 0.717) is 0 Å². The molecule has 1 N–H and O–H groups in total. The lowest BCUT2D eigenvalue weighted by molar-refractivity contribution is 1.02. The first-order valence-electron chi connectivity index (χ1n) is 7.50. The Morgan fingerprint density at radius 1 is 1.18 bits per heavy atom. The van der Waals surface area contributed by atoms with Crippen LogP contribution in [-0.4, -0.2) is 4.98 Å². The van der Waals surface area contributed by atoms with Crippen LogP contribution in [0.1, 0.15) is 28.8 Å². The van der Waals surface area contributed by atoms with E-state index in [2.05, 4.69) is 54.7 Å². The first-order valence-corrected chi connectivity index (χ1v) is 7.50. The summed E-state index contributed by atoms with van der Waals surface area (Å²) in [7, 11) is 0. The highest BCUT2D eigenvalue weighted by Crippen LogP contribution is 2.30. The minimum atomic E-state index is 0.906. The number of rotatable bonds is 4. The predicted octanol–water partition coefficient (Wildman–Crippen LogP) is 5.10. The molecule has 22 heavy (non-hydrogen) atoms. The van der Waals surface area contributed by atoms with Crippen LogP contribution in [0, 0.1) is 19.3 Å². The van der Waals surface area contributed by atoms with Gasteiger partial charge in [-0.05, 0) is 49.1 Å². The minimum absolute atomic E-state index is 0.906. The summed E-state index contributed by atoms with van der Waals surface area (Å²) in [6, 6.07) is 16.6. The number of benzene rings is 2. The number of aromatic amines is 1. The third-order valence-corrected chi connectivity index (χ3v) is 4.06. The molecule has 0 amide bonds. The van der Waals surface area contributed by atoms with Crippen LogP contribution in [0.25, 0.3) is 16.5 Å². The van der Waals surface area contributed by atoms with Gasteiger partial charge in [0, 0.05) is 27.7 Å². The Morgan fingerprint density at radius 3 is 2.68 bits per heavy atom. The number of fused-ring (bicyclic) bond motifs is 1. The standard InChI is InChI=1S/C21H19N/c1-4-17-12-13-20-19(14-17)21(16(3)22-20)15(2)10-11-18-8-6-5-7-9-18/h1,5-9,12-14,22H,2,10-11H2,3H3. The van der Waals surface area contributed by atoms with Crippen molar-refractivity contribution in [2.24, 2.45) is 0 Å². The van der Waals surface area contributed by atoms with E-state index < -0.39 is 0 Å². The van der Waals surface area contributed by atoms with E-state index in [-0.39, 0.29) is 0 Å². The Morgan fingerprint density at radius 2 is 1.95 bits per heavy atom. The second-order valence-electron chi connectivity index (χ2n) is 5.62. The largest absolute Gasteiger partial charge is 0.358 e. The molecule has 108 valence electrons. The molecule has 0 saturated carbocycles. The van der Waals surface area contributed by atoms with Gasteiger partial charge >= 0.3 is 0 Å². The fraction of sp³-hybridized carbons (Fsp3) is 0.143. The Hall–Kier alpha value is -2.72. The maximum absolute atomic E-state index is 5.53. The maximum atomic E-state index is 5.53. The summed E-state index contributed by atoms with van der Waals surface area (Å²) < 4.78 is 0. The van der Waals surface area contributed by atoms with Crippen LogP contribution in [-0.2, 0) is 6.42 Å². The van der Waals surface area contributed by atoms with Crippen molar-refractivity contribution in [1.29, 1.82) is 0 Å². The van der Waals surface area contributed by atoms with E-state index in [1.165, 1.54) is 16.5 Å². The summed E-state index contributed by atoms with van der Waals surface area (Å²) in [6.45, 7) is 6.40. The van der Waals surface area contributed by atoms with Crippen molar-refractivity contribution < 1.29 is 0 Å². The van der Waals surface area contributed by atoms with Crippen LogP contribution in [0.15, 0.2) is 55.1 Å². The highest BCUT2D eigenvalue weighted by Gasteiger charge is 2.12. The quantitative estimate of drug-likeness (QED) is 0.642. The van der Waals surface area contributed by atoms with Crippen molar-refractivity contribution in [2.75, 3.05) is 0 Å². The summed E-state index contributed by atoms with van der Waals surface area (Å²) in [6.07, 6.45) is 7.47. The Labute approximate surface area is 131 Å². The highest BCUT2D eigenvalue weighted by molar-refractivity contribution is 5.94. The number of hydrogen-bond donors (Lipinski definition) is 1. The van der Waals surface area contributed by atoms with Crippen molar-refractivity contribution >= 4 is 16.5 Å². The molecule has 0 saturated heterocycles. The second kappa shape index (κ2) is 5.95. The molecule has 1 aromatic heterocycles. The van der Waals surface area contributed by atoms with Crippen LogP contribution in [0.4, 0.5) is 0 Å². The van der Waals surface area contributed by atoms with Gasteiger partial charge in [-0.1, -0.05) is 42.8 Å². The van der Waals surface area contributed by atoms with Crippen molar-refractivity contribution in [3.63, 3.8) is 0 Å². The third kappa shape index (κ3) is 2.69. The number of nitrogens with one attached hydrogen (secondary N) is 1. The van der Waals surface area contributed by atoms with Gasteiger partial charge in [-0.15, -0.1) is 6.42 Å². The molecule has 0 aliphatic carbocycles. The van der Waals surface area contributed by atoms with Crippen LogP contribution in [0.5, 0.6) is 0 Å². The summed E-state index contributed by atoms with van der Waals surface area (Å²) in [5, 5.41) is 1.17. The SMILES string of the molecule is C#Cc1ccc2[nH]c(C)c(C(=C)CCc3ccccc3)c2c1. The predicted molar refractivity (Wildman–Crippen MR) is 94.8 cm³/mol. The molecule has 0 spiro atoms. The topological polar surface area (TPSA) is 15.8 Å². The zero-order valence-corrected chi connectivity index (χ0v) is 12.8. The fourth-order valence-electron chi connectivity index (χ4n) is 2.94. The van der Waals surface area contributed by atoms with E-state index in [4.69, 9.17) is 6.42 Å². The van der Waals surface area contributed by atoms with Gasteiger partial charge in [0.05, 0.1) is 0 Å². The van der Waals surface area contributed by atoms with Gasteiger partial charge < -0.3 is 4.98 Å². The van der Waals surface area contributed by atoms with Crippen molar-refractivity contribution in [2.45, 2.75) is 19.8 Å². The average Bonchev–Trinajstić information content (AvgIpc) is 2.88. The van der Waals surface area contributed by atoms with Gasteiger partial charge in [0.25, 0.3) is 0 Å². The minimum Gasteiger partial charge on any atom is -0.358 e. The second-order valence-corrected chi connectivity index (χ2v) is 5.62. The van der Waals surface area contributed by atoms with E-state index in [9.17, 15) is 0 Å². The zero-order chi connectivity index (χ0) is 15.5. The van der Waals surface area contributed by atoms with Crippen LogP contribution in [0.3, 0.4) is 0 Å². The van der Waals surface area contributed by atoms with Gasteiger partial charge in [0.1, 0.15) is 0 Å². The van der Waals surface area contributed by atoms with Crippen LogP contribution < -0.4 is 0 Å². The zero-order valence-electron chi connectivity index (χ0n) is 12.8. The van der Waals surface area contributed by atoms with Gasteiger partial charge in [-0.3, -0.25) is 0 Å². The Balaban J connectivity index is 1.90. The lowest BCUT2D eigenvalue weighted by atomic mass is 9.97. The van der Waals surface area contributed by atoms with Crippen LogP contribution in [0.2, 0.25) is 0 Å². The number of allylic oxidation sites excluding steroid dienone is 1. The molecule has 0 aliphatic rings. The Kier molecular flexibility index (Phi) is 3.85. The molecule has 3 rings (SSSR count). The molecule has 0 radical (unpaired) electrons. The van der Waals surface area contributed by atoms with Gasteiger partial charge in [0.15, 0.2) is 0 Å². The van der Waals surface area contributed by atoms with Gasteiger partial charge in [-0.2, -0.15) is 0 Å². The smallest absolute Gasteiger partial charge is 0.0463 e. The number of terminal acetylenes is 1. The number of aromatic nitrogens is 1. The summed E-state index contributed by atoms with van der Waals surface area (Å²) >= 11 is 0. The molecule has 0 fully saturated rings. The summed E-state index contributed by atoms with van der Waals surface area (Å²) in [5.74, 6) is 2.71. The summed E-state index contributed by atoms with van der Waals surface area (Å²) in [4.78, 5) is 3.43. The summed E-state index contributed by atoms with van der Waals surface area (Å²) in [5.41, 5.74) is 6.88. The normalized spacial score (nSPS) is 10.5. The molecule has 0 bridgehead atoms. The molecule has 1 heterocycles. The van der Waals surface area contributed by atoms with E-state index in [1.54, 1.807) is 0 Å². The highest BCUT2D eigenvalue weighted by atomic mass is 14.7. The Bertz CT molecular complexity index is 860. The van der Waals surface area contributed by atoms with Gasteiger partial charge in [0.2, 0.25) is 0 Å². The third-order valence-electron chi connectivity index (χ3n) is 4.06. The number of H-pyrrole nitrogens is 1. The van der Waals surface area contributed by atoms with Crippen molar-refractivity contribution in [3.8, 4) is 12.3 Å². The molecular weight excluding hydrogens is 266 g/mol. The fourth-order valence-corrected chi connectivity index (χ4v) is 2.94. The molecule has 2 aromatic carbocycles. The van der Waals surface area contributed by atoms with E-state index in [1.807, 2.05) is 18.2 Å². The number of hydrogen-bond acceptors (Lipinski definition) is 0. The van der Waals surface area contributed by atoms with Gasteiger partial charge in [-0.25, -0.2) is 0 Å². The maximum Gasteiger partial charge on any atom is 0.0463 e. The monoisotopic (exact) mass is 285 g/mol. The van der Waals surface area contributed by atoms with Crippen molar-refractivity contribution in [3.05, 3.63) is 77.5 Å². The molecule has 1 heteroatoms.